The molecule has 1 fully saturated rings. The van der Waals surface area contributed by atoms with Gasteiger partial charge in [0, 0.05) is 10.6 Å². The maximum atomic E-state index is 12.6. The number of nitrogens with zero attached hydrogens (tertiary/aromatic N) is 2. The minimum atomic E-state index is -4.05. The quantitative estimate of drug-likeness (QED) is 0.439. The Balaban J connectivity index is 1.86. The van der Waals surface area contributed by atoms with Crippen molar-refractivity contribution in [2.24, 2.45) is 10.2 Å². The first-order chi connectivity index (χ1) is 13.3. The van der Waals surface area contributed by atoms with Crippen molar-refractivity contribution in [3.8, 4) is 5.75 Å². The van der Waals surface area contributed by atoms with Gasteiger partial charge in [-0.05, 0) is 49.7 Å². The fourth-order valence-electron chi connectivity index (χ4n) is 2.30. The van der Waals surface area contributed by atoms with Gasteiger partial charge in [0.05, 0.1) is 11.5 Å². The van der Waals surface area contributed by atoms with E-state index in [9.17, 15) is 13.2 Å². The Morgan fingerprint density at radius 1 is 1.21 bits per heavy atom. The Hall–Kier alpha value is -2.36. The summed E-state index contributed by atoms with van der Waals surface area (Å²) in [6.45, 7) is 3.49. The molecule has 3 rings (SSSR count). The number of aryl methyl sites for hydroxylation is 1. The van der Waals surface area contributed by atoms with Crippen molar-refractivity contribution in [2.75, 3.05) is 0 Å². The van der Waals surface area contributed by atoms with Crippen LogP contribution < -0.4 is 9.50 Å². The third-order valence-corrected chi connectivity index (χ3v) is 6.23. The summed E-state index contributed by atoms with van der Waals surface area (Å²) in [6, 6.07) is 10.8. The number of carbonyl (C=O) groups excluding carboxylic acids is 1. The molecule has 0 aliphatic carbocycles. The molecule has 1 amide bonds. The summed E-state index contributed by atoms with van der Waals surface area (Å²) in [4.78, 5) is 11.5. The first-order valence-corrected chi connectivity index (χ1v) is 10.8. The Labute approximate surface area is 172 Å². The molecule has 1 saturated heterocycles. The van der Waals surface area contributed by atoms with Crippen LogP contribution in [0.4, 0.5) is 0 Å². The highest BCUT2D eigenvalue weighted by atomic mass is 35.5. The number of hydrogen-bond donors (Lipinski definition) is 1. The number of halogens is 1. The number of para-hydroxylation sites is 1. The summed E-state index contributed by atoms with van der Waals surface area (Å²) in [5.74, 6) is 0.0189. The molecule has 28 heavy (non-hydrogen) atoms. The fourth-order valence-corrected chi connectivity index (χ4v) is 4.19. The second kappa shape index (κ2) is 8.34. The minimum absolute atomic E-state index is 0.0117. The standard InChI is InChI=1S/C18H16ClN3O4S2/c1-11-4-3-5-13(10-20-22-18-21-17(23)12(2)27-18)16(11)26-28(24,25)15-8-6-14(19)7-9-15/h3-10,12H,1-2H3,(H,21,22,23)/b20-10-/t12-/m0/s1. The van der Waals surface area contributed by atoms with Gasteiger partial charge in [0.2, 0.25) is 5.91 Å². The predicted octanol–water partition coefficient (Wildman–Crippen LogP) is 3.36. The minimum Gasteiger partial charge on any atom is -0.378 e. The lowest BCUT2D eigenvalue weighted by Gasteiger charge is -2.11. The molecule has 1 atom stereocenters. The van der Waals surface area contributed by atoms with Crippen LogP contribution in [0.25, 0.3) is 0 Å². The monoisotopic (exact) mass is 437 g/mol. The normalized spacial score (nSPS) is 18.6. The Bertz CT molecular complexity index is 1070. The van der Waals surface area contributed by atoms with E-state index in [1.54, 1.807) is 32.0 Å². The van der Waals surface area contributed by atoms with Gasteiger partial charge < -0.3 is 9.50 Å². The molecule has 0 unspecified atom stereocenters. The van der Waals surface area contributed by atoms with Crippen molar-refractivity contribution >= 4 is 50.8 Å². The maximum absolute atomic E-state index is 12.6. The lowest BCUT2D eigenvalue weighted by molar-refractivity contribution is -0.118. The van der Waals surface area contributed by atoms with Crippen LogP contribution in [0.5, 0.6) is 5.75 Å². The number of rotatable bonds is 5. The van der Waals surface area contributed by atoms with E-state index in [2.05, 4.69) is 15.5 Å². The molecule has 146 valence electrons. The van der Waals surface area contributed by atoms with Crippen molar-refractivity contribution in [1.29, 1.82) is 0 Å². The van der Waals surface area contributed by atoms with Gasteiger partial charge in [0.1, 0.15) is 4.90 Å². The zero-order chi connectivity index (χ0) is 20.3. The number of benzene rings is 2. The molecule has 1 heterocycles. The van der Waals surface area contributed by atoms with Gasteiger partial charge in [-0.15, -0.1) is 5.10 Å². The van der Waals surface area contributed by atoms with Gasteiger partial charge >= 0.3 is 10.1 Å². The van der Waals surface area contributed by atoms with Gasteiger partial charge in [-0.2, -0.15) is 13.5 Å². The highest BCUT2D eigenvalue weighted by Crippen LogP contribution is 2.27. The zero-order valence-electron chi connectivity index (χ0n) is 14.9. The zero-order valence-corrected chi connectivity index (χ0v) is 17.3. The van der Waals surface area contributed by atoms with E-state index >= 15 is 0 Å². The van der Waals surface area contributed by atoms with Crippen LogP contribution in [0.1, 0.15) is 18.1 Å². The van der Waals surface area contributed by atoms with Crippen molar-refractivity contribution in [3.05, 3.63) is 58.6 Å². The molecule has 7 nitrogen and oxygen atoms in total. The largest absolute Gasteiger partial charge is 0.378 e. The smallest absolute Gasteiger partial charge is 0.339 e. The van der Waals surface area contributed by atoms with Gasteiger partial charge in [0.25, 0.3) is 0 Å². The molecule has 0 aromatic heterocycles. The van der Waals surface area contributed by atoms with E-state index in [0.29, 0.717) is 21.3 Å². The third kappa shape index (κ3) is 4.73. The van der Waals surface area contributed by atoms with Crippen LogP contribution in [0.3, 0.4) is 0 Å². The number of thioether (sulfide) groups is 1. The van der Waals surface area contributed by atoms with Crippen molar-refractivity contribution < 1.29 is 17.4 Å². The molecule has 1 aliphatic heterocycles. The topological polar surface area (TPSA) is 97.2 Å². The van der Waals surface area contributed by atoms with Gasteiger partial charge in [0.15, 0.2) is 10.9 Å². The molecule has 1 aliphatic rings. The van der Waals surface area contributed by atoms with Crippen molar-refractivity contribution in [1.82, 2.24) is 5.32 Å². The van der Waals surface area contributed by atoms with Crippen LogP contribution in [-0.4, -0.2) is 31.0 Å². The Morgan fingerprint density at radius 2 is 1.93 bits per heavy atom. The molecule has 10 heteroatoms. The summed E-state index contributed by atoms with van der Waals surface area (Å²) in [6.07, 6.45) is 1.38. The highest BCUT2D eigenvalue weighted by molar-refractivity contribution is 8.15. The SMILES string of the molecule is Cc1cccc(/C=N\N=C2\NC(=O)[C@H](C)S2)c1OS(=O)(=O)c1ccc(Cl)cc1. The molecular weight excluding hydrogens is 422 g/mol. The number of amides is 1. The molecular formula is C18H16ClN3O4S2. The fraction of sp³-hybridized carbons (Fsp3) is 0.167. The van der Waals surface area contributed by atoms with E-state index in [0.717, 1.165) is 0 Å². The number of amidine groups is 1. The average Bonchev–Trinajstić information content (AvgIpc) is 2.96. The van der Waals surface area contributed by atoms with Crippen LogP contribution in [0.2, 0.25) is 5.02 Å². The van der Waals surface area contributed by atoms with Gasteiger partial charge in [-0.25, -0.2) is 0 Å². The predicted molar refractivity (Wildman–Crippen MR) is 111 cm³/mol. The highest BCUT2D eigenvalue weighted by Gasteiger charge is 2.25. The second-order valence-corrected chi connectivity index (χ2v) is 9.20. The Morgan fingerprint density at radius 3 is 2.57 bits per heavy atom. The van der Waals surface area contributed by atoms with Crippen molar-refractivity contribution in [2.45, 2.75) is 24.0 Å². The molecule has 2 aromatic rings. The van der Waals surface area contributed by atoms with E-state index in [-0.39, 0.29) is 21.8 Å². The third-order valence-electron chi connectivity index (χ3n) is 3.77. The van der Waals surface area contributed by atoms with Crippen LogP contribution in [0, 0.1) is 6.92 Å². The summed E-state index contributed by atoms with van der Waals surface area (Å²) in [5.41, 5.74) is 1.05. The maximum Gasteiger partial charge on any atom is 0.339 e. The summed E-state index contributed by atoms with van der Waals surface area (Å²) in [7, 11) is -4.05. The molecule has 0 bridgehead atoms. The van der Waals surface area contributed by atoms with E-state index in [1.165, 1.54) is 42.2 Å². The van der Waals surface area contributed by atoms with Crippen LogP contribution in [-0.2, 0) is 14.9 Å². The number of carbonyl (C=O) groups is 1. The summed E-state index contributed by atoms with van der Waals surface area (Å²) in [5, 5.41) is 11.1. The van der Waals surface area contributed by atoms with E-state index in [4.69, 9.17) is 15.8 Å². The molecule has 0 saturated carbocycles. The van der Waals surface area contributed by atoms with E-state index < -0.39 is 10.1 Å². The number of hydrogen-bond acceptors (Lipinski definition) is 7. The summed E-state index contributed by atoms with van der Waals surface area (Å²) >= 11 is 7.07. The van der Waals surface area contributed by atoms with Gasteiger partial charge in [-0.1, -0.05) is 35.5 Å². The van der Waals surface area contributed by atoms with Gasteiger partial charge in [-0.3, -0.25) is 4.79 Å². The first-order valence-electron chi connectivity index (χ1n) is 8.14. The first kappa shape index (κ1) is 20.4. The summed E-state index contributed by atoms with van der Waals surface area (Å²) < 4.78 is 30.5. The van der Waals surface area contributed by atoms with E-state index in [1.807, 2.05) is 0 Å². The van der Waals surface area contributed by atoms with Crippen LogP contribution >= 0.6 is 23.4 Å². The van der Waals surface area contributed by atoms with Crippen LogP contribution in [0.15, 0.2) is 57.6 Å². The molecule has 0 spiro atoms. The molecule has 2 aromatic carbocycles. The molecule has 1 N–H and O–H groups in total. The lowest BCUT2D eigenvalue weighted by Crippen LogP contribution is -2.23. The lowest BCUT2D eigenvalue weighted by atomic mass is 10.1. The average molecular weight is 438 g/mol. The van der Waals surface area contributed by atoms with Crippen molar-refractivity contribution in [3.63, 3.8) is 0 Å². The second-order valence-electron chi connectivity index (χ2n) is 5.88. The molecule has 0 radical (unpaired) electrons. The number of nitrogens with one attached hydrogen (secondary N) is 1. The Kier molecular flexibility index (Phi) is 6.07.